The Balaban J connectivity index is 1.42. The molecular weight excluding hydrogens is 501 g/mol. The van der Waals surface area contributed by atoms with E-state index in [2.05, 4.69) is 37.3 Å². The lowest BCUT2D eigenvalue weighted by Crippen LogP contribution is -2.41. The molecule has 0 radical (unpaired) electrons. The maximum Gasteiger partial charge on any atom is 0.410 e. The molecule has 1 aliphatic rings. The van der Waals surface area contributed by atoms with Crippen LogP contribution in [0.15, 0.2) is 84.9 Å². The van der Waals surface area contributed by atoms with Gasteiger partial charge >= 0.3 is 6.09 Å². The molecule has 0 N–H and O–H groups in total. The summed E-state index contributed by atoms with van der Waals surface area (Å²) in [7, 11) is 0. The van der Waals surface area contributed by atoms with Crippen LogP contribution in [0.1, 0.15) is 74.8 Å². The van der Waals surface area contributed by atoms with Gasteiger partial charge in [-0.15, -0.1) is 0 Å². The van der Waals surface area contributed by atoms with E-state index in [1.165, 1.54) is 0 Å². The average molecular weight is 540 g/mol. The van der Waals surface area contributed by atoms with Crippen LogP contribution in [0.4, 0.5) is 9.18 Å². The first-order valence-corrected chi connectivity index (χ1v) is 14.1. The number of amides is 1. The largest absolute Gasteiger partial charge is 0.490 e. The molecule has 3 atom stereocenters. The van der Waals surface area contributed by atoms with Crippen LogP contribution in [0, 0.1) is 12.7 Å². The maximum absolute atomic E-state index is 14.1. The maximum atomic E-state index is 14.1. The van der Waals surface area contributed by atoms with E-state index in [9.17, 15) is 9.18 Å². The average Bonchev–Trinajstić information content (AvgIpc) is 2.93. The Morgan fingerprint density at radius 1 is 1.02 bits per heavy atom. The number of carbonyl (C=O) groups is 1. The lowest BCUT2D eigenvalue weighted by atomic mass is 9.83. The van der Waals surface area contributed by atoms with Gasteiger partial charge in [0.25, 0.3) is 0 Å². The number of benzene rings is 4. The molecule has 1 amide bonds. The molecule has 0 aliphatic carbocycles. The highest BCUT2D eigenvalue weighted by molar-refractivity contribution is 5.86. The molecule has 0 saturated heterocycles. The third-order valence-corrected chi connectivity index (χ3v) is 7.73. The van der Waals surface area contributed by atoms with Crippen molar-refractivity contribution in [2.24, 2.45) is 0 Å². The topological polar surface area (TPSA) is 38.8 Å². The number of para-hydroxylation sites is 1. The van der Waals surface area contributed by atoms with Crippen LogP contribution in [0.2, 0.25) is 0 Å². The number of fused-ring (bicyclic) bond motifs is 2. The van der Waals surface area contributed by atoms with E-state index in [4.69, 9.17) is 9.47 Å². The van der Waals surface area contributed by atoms with Crippen molar-refractivity contribution in [1.29, 1.82) is 0 Å². The first kappa shape index (κ1) is 27.7. The highest BCUT2D eigenvalue weighted by Crippen LogP contribution is 2.41. The van der Waals surface area contributed by atoms with E-state index < -0.39 is 5.60 Å². The van der Waals surface area contributed by atoms with Gasteiger partial charge in [-0.3, -0.25) is 0 Å². The Hall–Kier alpha value is -3.86. The van der Waals surface area contributed by atoms with Crippen molar-refractivity contribution < 1.29 is 18.7 Å². The highest BCUT2D eigenvalue weighted by Gasteiger charge is 2.32. The minimum absolute atomic E-state index is 0.0831. The summed E-state index contributed by atoms with van der Waals surface area (Å²) in [5, 5.41) is 2.27. The molecule has 1 heterocycles. The number of halogens is 1. The lowest BCUT2D eigenvalue weighted by Gasteiger charge is -2.36. The first-order chi connectivity index (χ1) is 19.1. The summed E-state index contributed by atoms with van der Waals surface area (Å²) in [6, 6.07) is 27.7. The molecular formula is C35H38FNO3. The molecule has 208 valence electrons. The fourth-order valence-corrected chi connectivity index (χ4v) is 5.70. The molecule has 1 aliphatic heterocycles. The van der Waals surface area contributed by atoms with E-state index in [0.717, 1.165) is 39.6 Å². The fraction of sp³-hybridized carbons (Fsp3) is 0.343. The van der Waals surface area contributed by atoms with E-state index in [0.29, 0.717) is 18.5 Å². The van der Waals surface area contributed by atoms with Crippen LogP contribution in [0.5, 0.6) is 5.75 Å². The molecule has 5 heteroatoms. The second-order valence-corrected chi connectivity index (χ2v) is 11.8. The number of carbonyl (C=O) groups excluding carboxylic acids is 1. The predicted octanol–water partition coefficient (Wildman–Crippen LogP) is 8.96. The molecule has 5 rings (SSSR count). The van der Waals surface area contributed by atoms with Crippen LogP contribution >= 0.6 is 0 Å². The summed E-state index contributed by atoms with van der Waals surface area (Å²) in [6.07, 6.45) is 0.927. The number of aryl methyl sites for hydroxylation is 1. The van der Waals surface area contributed by atoms with Gasteiger partial charge in [-0.1, -0.05) is 72.8 Å². The number of rotatable bonds is 6. The van der Waals surface area contributed by atoms with Crippen molar-refractivity contribution in [3.63, 3.8) is 0 Å². The minimum Gasteiger partial charge on any atom is -0.490 e. The van der Waals surface area contributed by atoms with Gasteiger partial charge in [0.2, 0.25) is 0 Å². The molecule has 2 unspecified atom stereocenters. The number of hydrogen-bond acceptors (Lipinski definition) is 3. The second kappa shape index (κ2) is 11.3. The van der Waals surface area contributed by atoms with E-state index in [1.807, 2.05) is 74.2 Å². The predicted molar refractivity (Wildman–Crippen MR) is 158 cm³/mol. The summed E-state index contributed by atoms with van der Waals surface area (Å²) < 4.78 is 26.4. The number of nitrogens with zero attached hydrogens (tertiary/aromatic N) is 1. The second-order valence-electron chi connectivity index (χ2n) is 11.8. The Labute approximate surface area is 236 Å². The zero-order valence-corrected chi connectivity index (χ0v) is 24.0. The van der Waals surface area contributed by atoms with Gasteiger partial charge < -0.3 is 14.4 Å². The van der Waals surface area contributed by atoms with Crippen LogP contribution in [0.25, 0.3) is 10.8 Å². The highest BCUT2D eigenvalue weighted by atomic mass is 19.1. The van der Waals surface area contributed by atoms with Crippen LogP contribution < -0.4 is 4.74 Å². The van der Waals surface area contributed by atoms with Gasteiger partial charge in [-0.05, 0) is 80.6 Å². The van der Waals surface area contributed by atoms with Gasteiger partial charge in [-0.25, -0.2) is 9.18 Å². The number of hydrogen-bond donors (Lipinski definition) is 0. The van der Waals surface area contributed by atoms with Crippen molar-refractivity contribution in [3.05, 3.63) is 113 Å². The van der Waals surface area contributed by atoms with Crippen molar-refractivity contribution in [2.45, 2.75) is 71.1 Å². The van der Waals surface area contributed by atoms with E-state index in [-0.39, 0.29) is 30.0 Å². The molecule has 40 heavy (non-hydrogen) atoms. The Kier molecular flexibility index (Phi) is 7.84. The summed E-state index contributed by atoms with van der Waals surface area (Å²) in [4.78, 5) is 15.4. The van der Waals surface area contributed by atoms with Gasteiger partial charge in [0, 0.05) is 24.4 Å². The Morgan fingerprint density at radius 3 is 2.52 bits per heavy atom. The number of ether oxygens (including phenoxy) is 2. The van der Waals surface area contributed by atoms with Crippen LogP contribution in [-0.2, 0) is 4.74 Å². The zero-order chi connectivity index (χ0) is 28.4. The van der Waals surface area contributed by atoms with Crippen LogP contribution in [0.3, 0.4) is 0 Å². The SMILES string of the molecule is Cc1cc(C2C[C@@H](CCN(C(=O)OC(C)(C)C)C(C)c3cccc4ccccc34)Oc3ccccc32)ccc1F. The van der Waals surface area contributed by atoms with Gasteiger partial charge in [0.15, 0.2) is 0 Å². The molecule has 0 fully saturated rings. The molecule has 4 aromatic rings. The minimum atomic E-state index is -0.611. The molecule has 4 nitrogen and oxygen atoms in total. The van der Waals surface area contributed by atoms with Crippen molar-refractivity contribution in [3.8, 4) is 5.75 Å². The molecule has 0 saturated carbocycles. The lowest BCUT2D eigenvalue weighted by molar-refractivity contribution is 0.0142. The van der Waals surface area contributed by atoms with Crippen molar-refractivity contribution in [1.82, 2.24) is 4.90 Å². The fourth-order valence-electron chi connectivity index (χ4n) is 5.70. The summed E-state index contributed by atoms with van der Waals surface area (Å²) in [6.45, 7) is 10.0. The molecule has 0 bridgehead atoms. The quantitative estimate of drug-likeness (QED) is 0.245. The van der Waals surface area contributed by atoms with Gasteiger partial charge in [0.05, 0.1) is 6.04 Å². The van der Waals surface area contributed by atoms with E-state index >= 15 is 0 Å². The normalized spacial score (nSPS) is 17.6. The molecule has 0 spiro atoms. The van der Waals surface area contributed by atoms with Crippen molar-refractivity contribution in [2.75, 3.05) is 6.54 Å². The smallest absolute Gasteiger partial charge is 0.410 e. The first-order valence-electron chi connectivity index (χ1n) is 14.1. The molecule has 4 aromatic carbocycles. The Morgan fingerprint density at radius 2 is 1.75 bits per heavy atom. The monoisotopic (exact) mass is 539 g/mol. The standard InChI is InChI=1S/C35H38FNO3/c1-23-21-26(17-18-32(23)36)31-22-27(39-33-16-9-8-14-30(31)33)19-20-37(34(38)40-35(3,4)5)24(2)28-15-10-12-25-11-6-7-13-29(25)28/h6-18,21,24,27,31H,19-20,22H2,1-5H3/t24?,27-,31?/m1/s1. The third kappa shape index (κ3) is 5.99. The summed E-state index contributed by atoms with van der Waals surface area (Å²) in [5.74, 6) is 0.729. The molecule has 0 aromatic heterocycles. The zero-order valence-electron chi connectivity index (χ0n) is 24.0. The summed E-state index contributed by atoms with van der Waals surface area (Å²) >= 11 is 0. The third-order valence-electron chi connectivity index (χ3n) is 7.73. The van der Waals surface area contributed by atoms with Crippen LogP contribution in [-0.4, -0.2) is 29.2 Å². The van der Waals surface area contributed by atoms with E-state index in [1.54, 1.807) is 13.0 Å². The van der Waals surface area contributed by atoms with Gasteiger partial charge in [-0.2, -0.15) is 0 Å². The van der Waals surface area contributed by atoms with Crippen molar-refractivity contribution >= 4 is 16.9 Å². The van der Waals surface area contributed by atoms with Gasteiger partial charge in [0.1, 0.15) is 23.3 Å². The summed E-state index contributed by atoms with van der Waals surface area (Å²) in [5.41, 5.74) is 3.29. The Bertz CT molecular complexity index is 1500.